The van der Waals surface area contributed by atoms with Crippen molar-refractivity contribution in [2.75, 3.05) is 0 Å². The molecule has 0 N–H and O–H groups in total. The van der Waals surface area contributed by atoms with Gasteiger partial charge in [0.15, 0.2) is 0 Å². The lowest BCUT2D eigenvalue weighted by molar-refractivity contribution is 0.721. The molecular weight excluding hydrogens is 370 g/mol. The van der Waals surface area contributed by atoms with Gasteiger partial charge in [0.1, 0.15) is 0 Å². The van der Waals surface area contributed by atoms with Gasteiger partial charge in [0.05, 0.1) is 0 Å². The summed E-state index contributed by atoms with van der Waals surface area (Å²) in [5.74, 6) is 0.567. The number of pyridine rings is 1. The monoisotopic (exact) mass is 393 g/mol. The molecule has 4 aromatic rings. The van der Waals surface area contributed by atoms with E-state index < -0.39 is 0 Å². The molecule has 2 heteroatoms. The summed E-state index contributed by atoms with van der Waals surface area (Å²) in [5, 5.41) is 7.47. The Labute approximate surface area is 175 Å². The van der Waals surface area contributed by atoms with E-state index in [9.17, 15) is 0 Å². The van der Waals surface area contributed by atoms with Crippen molar-refractivity contribution in [2.24, 2.45) is 0 Å². The number of rotatable bonds is 1. The Balaban J connectivity index is 0.000000262. The largest absolute Gasteiger partial charge is 0.265 e. The minimum atomic E-state index is 0.567. The normalized spacial score (nSPS) is 16.1. The average molecular weight is 394 g/mol. The maximum Gasteiger partial charge on any atom is 0.0267 e. The second-order valence-electron chi connectivity index (χ2n) is 7.51. The molecule has 0 radical (unpaired) electrons. The van der Waals surface area contributed by atoms with Crippen LogP contribution in [0.25, 0.3) is 23.3 Å². The van der Waals surface area contributed by atoms with Gasteiger partial charge in [-0.1, -0.05) is 54.6 Å². The van der Waals surface area contributed by atoms with Gasteiger partial charge in [-0.05, 0) is 86.5 Å². The Morgan fingerprint density at radius 2 is 1.69 bits per heavy atom. The summed E-state index contributed by atoms with van der Waals surface area (Å²) in [6.45, 7) is 0. The van der Waals surface area contributed by atoms with Crippen LogP contribution in [0.1, 0.15) is 35.4 Å². The van der Waals surface area contributed by atoms with Gasteiger partial charge in [0.25, 0.3) is 0 Å². The molecule has 2 aliphatic carbocycles. The third-order valence-electron chi connectivity index (χ3n) is 5.85. The van der Waals surface area contributed by atoms with Gasteiger partial charge >= 0.3 is 0 Å². The number of thiophene rings is 1. The van der Waals surface area contributed by atoms with Crippen LogP contribution >= 0.6 is 11.3 Å². The Hall–Kier alpha value is -2.97. The Kier molecular flexibility index (Phi) is 5.10. The van der Waals surface area contributed by atoms with Crippen molar-refractivity contribution in [3.05, 3.63) is 111 Å². The first-order valence-electron chi connectivity index (χ1n) is 10.2. The highest BCUT2D eigenvalue weighted by Gasteiger charge is 2.21. The third kappa shape index (κ3) is 3.56. The first-order valence-corrected chi connectivity index (χ1v) is 11.1. The van der Waals surface area contributed by atoms with Crippen molar-refractivity contribution in [3.8, 4) is 11.1 Å². The zero-order valence-corrected chi connectivity index (χ0v) is 17.1. The predicted octanol–water partition coefficient (Wildman–Crippen LogP) is 5.54. The van der Waals surface area contributed by atoms with E-state index in [-0.39, 0.29) is 0 Å². The zero-order chi connectivity index (χ0) is 19.5. The number of fused-ring (bicyclic) bond motifs is 5. The molecule has 0 amide bonds. The fourth-order valence-electron chi connectivity index (χ4n) is 4.49. The van der Waals surface area contributed by atoms with Crippen LogP contribution in [0.2, 0.25) is 0 Å². The summed E-state index contributed by atoms with van der Waals surface area (Å²) in [6.07, 6.45) is 11.9. The number of benzene rings is 2. The van der Waals surface area contributed by atoms with Crippen LogP contribution in [0.3, 0.4) is 0 Å². The molecule has 0 bridgehead atoms. The quantitative estimate of drug-likeness (QED) is 0.414. The van der Waals surface area contributed by atoms with Crippen molar-refractivity contribution in [2.45, 2.75) is 25.2 Å². The molecule has 0 aliphatic heterocycles. The van der Waals surface area contributed by atoms with Crippen LogP contribution < -0.4 is 10.4 Å². The van der Waals surface area contributed by atoms with E-state index in [1.165, 1.54) is 51.1 Å². The van der Waals surface area contributed by atoms with Crippen LogP contribution in [0.5, 0.6) is 0 Å². The molecule has 2 heterocycles. The van der Waals surface area contributed by atoms with Crippen molar-refractivity contribution in [1.82, 2.24) is 4.98 Å². The van der Waals surface area contributed by atoms with Gasteiger partial charge in [0, 0.05) is 18.3 Å². The fourth-order valence-corrected chi connectivity index (χ4v) is 5.21. The standard InChI is InChI=1S/C22H18S.C5H5N/c1-2-5-17-15(4-1)8-9-22-19-7-3-6-18(16-12-13-23-14-16)21(19)11-10-20(17)22;1-2-4-6-5-3-1/h1-2,4-5,7,9-14,18H,3,6,8H2;1-5H. The summed E-state index contributed by atoms with van der Waals surface area (Å²) in [7, 11) is 0. The summed E-state index contributed by atoms with van der Waals surface area (Å²) in [4.78, 5) is 3.78. The molecule has 1 atom stereocenters. The van der Waals surface area contributed by atoms with Crippen molar-refractivity contribution < 1.29 is 0 Å². The van der Waals surface area contributed by atoms with Gasteiger partial charge in [-0.3, -0.25) is 4.98 Å². The van der Waals surface area contributed by atoms with Crippen LogP contribution in [0.4, 0.5) is 0 Å². The summed E-state index contributed by atoms with van der Waals surface area (Å²) in [6, 6.07) is 21.6. The number of nitrogens with zero attached hydrogens (tertiary/aromatic N) is 1. The highest BCUT2D eigenvalue weighted by atomic mass is 32.1. The first kappa shape index (κ1) is 18.1. The van der Waals surface area contributed by atoms with Crippen molar-refractivity contribution in [3.63, 3.8) is 0 Å². The minimum Gasteiger partial charge on any atom is -0.265 e. The van der Waals surface area contributed by atoms with Crippen LogP contribution in [0, 0.1) is 0 Å². The van der Waals surface area contributed by atoms with Crippen LogP contribution in [-0.2, 0) is 6.42 Å². The van der Waals surface area contributed by atoms with E-state index in [2.05, 4.69) is 70.4 Å². The Morgan fingerprint density at radius 1 is 0.793 bits per heavy atom. The molecule has 0 saturated heterocycles. The summed E-state index contributed by atoms with van der Waals surface area (Å²) >= 11 is 1.81. The van der Waals surface area contributed by atoms with Gasteiger partial charge in [0.2, 0.25) is 0 Å². The molecular formula is C27H23NS. The molecule has 0 saturated carbocycles. The van der Waals surface area contributed by atoms with E-state index in [0.717, 1.165) is 6.42 Å². The summed E-state index contributed by atoms with van der Waals surface area (Å²) in [5.41, 5.74) is 7.28. The topological polar surface area (TPSA) is 12.9 Å². The number of hydrogen-bond donors (Lipinski definition) is 0. The Bertz CT molecular complexity index is 1200. The number of hydrogen-bond acceptors (Lipinski definition) is 2. The lowest BCUT2D eigenvalue weighted by Gasteiger charge is -2.23. The Morgan fingerprint density at radius 3 is 2.45 bits per heavy atom. The maximum atomic E-state index is 3.78. The molecule has 2 aromatic heterocycles. The predicted molar refractivity (Wildman–Crippen MR) is 123 cm³/mol. The van der Waals surface area contributed by atoms with E-state index in [1.807, 2.05) is 29.5 Å². The van der Waals surface area contributed by atoms with Crippen LogP contribution in [0.15, 0.2) is 83.8 Å². The molecule has 0 spiro atoms. The van der Waals surface area contributed by atoms with Crippen molar-refractivity contribution >= 4 is 23.5 Å². The zero-order valence-electron chi connectivity index (χ0n) is 16.3. The van der Waals surface area contributed by atoms with Gasteiger partial charge in [-0.15, -0.1) is 0 Å². The minimum absolute atomic E-state index is 0.567. The second-order valence-corrected chi connectivity index (χ2v) is 8.29. The van der Waals surface area contributed by atoms with Gasteiger partial charge in [-0.25, -0.2) is 0 Å². The smallest absolute Gasteiger partial charge is 0.0267 e. The van der Waals surface area contributed by atoms with E-state index in [0.29, 0.717) is 5.92 Å². The molecule has 1 unspecified atom stereocenters. The molecule has 0 fully saturated rings. The molecule has 2 aliphatic rings. The van der Waals surface area contributed by atoms with Crippen LogP contribution in [-0.4, -0.2) is 4.98 Å². The average Bonchev–Trinajstić information content (AvgIpc) is 3.34. The summed E-state index contributed by atoms with van der Waals surface area (Å²) < 4.78 is 0. The van der Waals surface area contributed by atoms with E-state index >= 15 is 0 Å². The molecule has 1 nitrogen and oxygen atoms in total. The third-order valence-corrected chi connectivity index (χ3v) is 6.55. The van der Waals surface area contributed by atoms with E-state index in [4.69, 9.17) is 0 Å². The molecule has 142 valence electrons. The maximum absolute atomic E-state index is 3.78. The fraction of sp³-hybridized carbons (Fsp3) is 0.148. The number of aromatic nitrogens is 1. The lowest BCUT2D eigenvalue weighted by atomic mass is 9.80. The molecule has 29 heavy (non-hydrogen) atoms. The van der Waals surface area contributed by atoms with Gasteiger partial charge in [-0.2, -0.15) is 11.3 Å². The van der Waals surface area contributed by atoms with Gasteiger partial charge < -0.3 is 0 Å². The van der Waals surface area contributed by atoms with Crippen molar-refractivity contribution in [1.29, 1.82) is 0 Å². The highest BCUT2D eigenvalue weighted by molar-refractivity contribution is 7.08. The van der Waals surface area contributed by atoms with E-state index in [1.54, 1.807) is 12.4 Å². The first-order chi connectivity index (χ1) is 14.4. The highest BCUT2D eigenvalue weighted by Crippen LogP contribution is 2.32. The second kappa shape index (κ2) is 8.18. The SMILES string of the molecule is C1=c2c(ccc3c2=CCCC3c2ccsc2)-c2ccccc2C1.c1ccncc1. The molecule has 6 rings (SSSR count). The molecule has 2 aromatic carbocycles. The lowest BCUT2D eigenvalue weighted by Crippen LogP contribution is -2.35.